The Morgan fingerprint density at radius 3 is 2.43 bits per heavy atom. The normalized spacial score (nSPS) is 11.9. The Morgan fingerprint density at radius 2 is 2.00 bits per heavy atom. The number of carbonyl (C=O) groups excluding carboxylic acids is 1. The van der Waals surface area contributed by atoms with Crippen LogP contribution >= 0.6 is 0 Å². The SMILES string of the molecule is COC(=O)CCOCC(F)(F)C(F)F. The number of carbonyl (C=O) groups is 1. The van der Waals surface area contributed by atoms with Crippen molar-refractivity contribution in [2.24, 2.45) is 0 Å². The van der Waals surface area contributed by atoms with Crippen molar-refractivity contribution in [1.29, 1.82) is 0 Å². The summed E-state index contributed by atoms with van der Waals surface area (Å²) in [5.74, 6) is -4.82. The summed E-state index contributed by atoms with van der Waals surface area (Å²) in [7, 11) is 1.12. The lowest BCUT2D eigenvalue weighted by Gasteiger charge is -2.14. The van der Waals surface area contributed by atoms with Crippen LogP contribution in [0.4, 0.5) is 17.6 Å². The van der Waals surface area contributed by atoms with Crippen LogP contribution < -0.4 is 0 Å². The van der Waals surface area contributed by atoms with Gasteiger partial charge in [-0.1, -0.05) is 0 Å². The van der Waals surface area contributed by atoms with Crippen LogP contribution in [-0.2, 0) is 14.3 Å². The molecule has 0 saturated carbocycles. The summed E-state index contributed by atoms with van der Waals surface area (Å²) in [6.45, 7) is -1.77. The lowest BCUT2D eigenvalue weighted by Crippen LogP contribution is -2.32. The quantitative estimate of drug-likeness (QED) is 0.384. The number of hydrogen-bond acceptors (Lipinski definition) is 3. The van der Waals surface area contributed by atoms with Crippen molar-refractivity contribution in [3.05, 3.63) is 0 Å². The average molecular weight is 218 g/mol. The summed E-state index contributed by atoms with van der Waals surface area (Å²) in [5, 5.41) is 0. The van der Waals surface area contributed by atoms with Crippen molar-refractivity contribution < 1.29 is 31.8 Å². The third kappa shape index (κ3) is 5.00. The molecule has 0 aromatic carbocycles. The summed E-state index contributed by atoms with van der Waals surface area (Å²) in [5.41, 5.74) is 0. The number of ether oxygens (including phenoxy) is 2. The number of halogens is 4. The Morgan fingerprint density at radius 1 is 1.43 bits per heavy atom. The molecule has 0 bridgehead atoms. The summed E-state index contributed by atoms with van der Waals surface area (Å²) in [4.78, 5) is 10.4. The van der Waals surface area contributed by atoms with Gasteiger partial charge in [0.15, 0.2) is 0 Å². The number of esters is 1. The van der Waals surface area contributed by atoms with Crippen LogP contribution in [0.15, 0.2) is 0 Å². The highest BCUT2D eigenvalue weighted by Gasteiger charge is 2.40. The third-order valence-electron chi connectivity index (χ3n) is 1.29. The highest BCUT2D eigenvalue weighted by Crippen LogP contribution is 2.22. The minimum absolute atomic E-state index is 0.240. The Hall–Kier alpha value is -0.850. The first kappa shape index (κ1) is 13.2. The predicted molar refractivity (Wildman–Crippen MR) is 38.4 cm³/mol. The van der Waals surface area contributed by atoms with E-state index < -0.39 is 24.9 Å². The Kier molecular flexibility index (Phi) is 5.44. The molecule has 0 atom stereocenters. The van der Waals surface area contributed by atoms with Gasteiger partial charge >= 0.3 is 18.3 Å². The average Bonchev–Trinajstić information content (AvgIpc) is 2.11. The fraction of sp³-hybridized carbons (Fsp3) is 0.857. The van der Waals surface area contributed by atoms with Gasteiger partial charge in [-0.05, 0) is 0 Å². The van der Waals surface area contributed by atoms with E-state index in [0.717, 1.165) is 7.11 Å². The largest absolute Gasteiger partial charge is 0.469 e. The van der Waals surface area contributed by atoms with Crippen LogP contribution in [0.1, 0.15) is 6.42 Å². The molecule has 3 nitrogen and oxygen atoms in total. The van der Waals surface area contributed by atoms with E-state index in [1.165, 1.54) is 0 Å². The monoisotopic (exact) mass is 218 g/mol. The lowest BCUT2D eigenvalue weighted by atomic mass is 10.4. The van der Waals surface area contributed by atoms with Gasteiger partial charge in [0.05, 0.1) is 20.1 Å². The van der Waals surface area contributed by atoms with E-state index in [2.05, 4.69) is 9.47 Å². The zero-order chi connectivity index (χ0) is 11.2. The molecule has 0 aliphatic carbocycles. The van der Waals surface area contributed by atoms with E-state index in [1.54, 1.807) is 0 Å². The Bertz CT molecular complexity index is 184. The minimum Gasteiger partial charge on any atom is -0.469 e. The zero-order valence-electron chi connectivity index (χ0n) is 7.44. The molecule has 0 unspecified atom stereocenters. The van der Waals surface area contributed by atoms with Crippen LogP contribution in [-0.4, -0.2) is 38.6 Å². The van der Waals surface area contributed by atoms with Gasteiger partial charge in [-0.15, -0.1) is 0 Å². The van der Waals surface area contributed by atoms with Crippen molar-refractivity contribution >= 4 is 5.97 Å². The maximum Gasteiger partial charge on any atom is 0.330 e. The third-order valence-corrected chi connectivity index (χ3v) is 1.29. The van der Waals surface area contributed by atoms with Crippen LogP contribution in [0.25, 0.3) is 0 Å². The van der Waals surface area contributed by atoms with E-state index in [4.69, 9.17) is 0 Å². The topological polar surface area (TPSA) is 35.5 Å². The maximum atomic E-state index is 12.2. The zero-order valence-corrected chi connectivity index (χ0v) is 7.44. The molecule has 0 N–H and O–H groups in total. The smallest absolute Gasteiger partial charge is 0.330 e. The number of rotatable bonds is 6. The van der Waals surface area contributed by atoms with Crippen molar-refractivity contribution in [3.8, 4) is 0 Å². The number of methoxy groups -OCH3 is 1. The van der Waals surface area contributed by atoms with Crippen molar-refractivity contribution in [2.45, 2.75) is 18.8 Å². The number of hydrogen-bond donors (Lipinski definition) is 0. The molecule has 0 aliphatic rings. The van der Waals surface area contributed by atoms with Crippen molar-refractivity contribution in [2.75, 3.05) is 20.3 Å². The molecule has 84 valence electrons. The first-order valence-corrected chi connectivity index (χ1v) is 3.70. The summed E-state index contributed by atoms with van der Waals surface area (Å²) < 4.78 is 55.8. The first-order chi connectivity index (χ1) is 6.40. The Balaban J connectivity index is 3.59. The minimum atomic E-state index is -4.17. The molecule has 14 heavy (non-hydrogen) atoms. The summed E-state index contributed by atoms with van der Waals surface area (Å²) in [6, 6.07) is 0. The second-order valence-corrected chi connectivity index (χ2v) is 2.44. The molecule has 0 rings (SSSR count). The van der Waals surface area contributed by atoms with Gasteiger partial charge in [0, 0.05) is 0 Å². The highest BCUT2D eigenvalue weighted by atomic mass is 19.3. The molecule has 0 aromatic rings. The predicted octanol–water partition coefficient (Wildman–Crippen LogP) is 1.47. The molecule has 0 saturated heterocycles. The molecule has 0 aromatic heterocycles. The van der Waals surface area contributed by atoms with E-state index in [-0.39, 0.29) is 13.0 Å². The second-order valence-electron chi connectivity index (χ2n) is 2.44. The molecule has 7 heteroatoms. The van der Waals surface area contributed by atoms with Gasteiger partial charge in [-0.2, -0.15) is 8.78 Å². The van der Waals surface area contributed by atoms with Crippen molar-refractivity contribution in [1.82, 2.24) is 0 Å². The molecule has 0 aliphatic heterocycles. The molecule has 0 heterocycles. The second kappa shape index (κ2) is 5.79. The van der Waals surface area contributed by atoms with Gasteiger partial charge in [0.2, 0.25) is 0 Å². The van der Waals surface area contributed by atoms with Crippen LogP contribution in [0.2, 0.25) is 0 Å². The summed E-state index contributed by atoms with van der Waals surface area (Å²) in [6.07, 6.45) is -4.00. The highest BCUT2D eigenvalue weighted by molar-refractivity contribution is 5.69. The molecule has 0 fully saturated rings. The van der Waals surface area contributed by atoms with E-state index in [9.17, 15) is 22.4 Å². The van der Waals surface area contributed by atoms with Crippen LogP contribution in [0.3, 0.4) is 0 Å². The standard InChI is InChI=1S/C7H10F4O3/c1-13-5(12)2-3-14-4-7(10,11)6(8)9/h6H,2-4H2,1H3. The maximum absolute atomic E-state index is 12.2. The van der Waals surface area contributed by atoms with Gasteiger partial charge in [-0.25, -0.2) is 8.78 Å². The first-order valence-electron chi connectivity index (χ1n) is 3.70. The van der Waals surface area contributed by atoms with Crippen LogP contribution in [0.5, 0.6) is 0 Å². The van der Waals surface area contributed by atoms with E-state index in [1.807, 2.05) is 0 Å². The molecular weight excluding hydrogens is 208 g/mol. The van der Waals surface area contributed by atoms with Gasteiger partial charge in [-0.3, -0.25) is 4.79 Å². The molecule has 0 spiro atoms. The van der Waals surface area contributed by atoms with Crippen molar-refractivity contribution in [3.63, 3.8) is 0 Å². The molecule has 0 amide bonds. The molecular formula is C7H10F4O3. The summed E-state index contributed by atoms with van der Waals surface area (Å²) >= 11 is 0. The lowest BCUT2D eigenvalue weighted by molar-refractivity contribution is -0.168. The van der Waals surface area contributed by atoms with E-state index in [0.29, 0.717) is 0 Å². The van der Waals surface area contributed by atoms with Gasteiger partial charge in [0.1, 0.15) is 6.61 Å². The number of alkyl halides is 4. The fourth-order valence-electron chi connectivity index (χ4n) is 0.529. The van der Waals surface area contributed by atoms with Gasteiger partial charge < -0.3 is 9.47 Å². The van der Waals surface area contributed by atoms with E-state index >= 15 is 0 Å². The molecule has 0 radical (unpaired) electrons. The fourth-order valence-corrected chi connectivity index (χ4v) is 0.529. The van der Waals surface area contributed by atoms with Gasteiger partial charge in [0.25, 0.3) is 0 Å². The Labute approximate surface area is 78.0 Å². The van der Waals surface area contributed by atoms with Crippen LogP contribution in [0, 0.1) is 0 Å².